The number of benzene rings is 1. The Morgan fingerprint density at radius 3 is 2.58 bits per heavy atom. The summed E-state index contributed by atoms with van der Waals surface area (Å²) < 4.78 is 0. The number of allylic oxidation sites excluding steroid dienone is 5. The molecule has 1 aliphatic carbocycles. The van der Waals surface area contributed by atoms with E-state index in [0.717, 1.165) is 54.4 Å². The van der Waals surface area contributed by atoms with Gasteiger partial charge in [0.2, 0.25) is 5.91 Å². The fraction of sp³-hybridized carbons (Fsp3) is 0.423. The van der Waals surface area contributed by atoms with Crippen molar-refractivity contribution in [3.8, 4) is 0 Å². The third-order valence-corrected chi connectivity index (χ3v) is 5.79. The van der Waals surface area contributed by atoms with Crippen molar-refractivity contribution < 1.29 is 4.79 Å². The lowest BCUT2D eigenvalue weighted by Gasteiger charge is -2.26. The highest BCUT2D eigenvalue weighted by molar-refractivity contribution is 5.94. The number of aliphatic imine (C=N–C) groups is 1. The molecule has 1 aromatic rings. The molecule has 31 heavy (non-hydrogen) atoms. The van der Waals surface area contributed by atoms with Crippen molar-refractivity contribution in [1.29, 1.82) is 5.41 Å². The van der Waals surface area contributed by atoms with Crippen LogP contribution in [0.4, 0.5) is 0 Å². The molecule has 0 aliphatic heterocycles. The molecule has 0 spiro atoms. The van der Waals surface area contributed by atoms with Crippen molar-refractivity contribution in [2.45, 2.75) is 59.3 Å². The van der Waals surface area contributed by atoms with Gasteiger partial charge in [-0.2, -0.15) is 0 Å². The highest BCUT2D eigenvalue weighted by Gasteiger charge is 2.22. The lowest BCUT2D eigenvalue weighted by molar-refractivity contribution is -0.120. The summed E-state index contributed by atoms with van der Waals surface area (Å²) >= 11 is 0. The molecule has 0 unspecified atom stereocenters. The van der Waals surface area contributed by atoms with E-state index >= 15 is 0 Å². The van der Waals surface area contributed by atoms with Gasteiger partial charge in [0.1, 0.15) is 0 Å². The molecule has 1 amide bonds. The van der Waals surface area contributed by atoms with E-state index in [0.29, 0.717) is 13.0 Å². The minimum absolute atomic E-state index is 0.0221. The van der Waals surface area contributed by atoms with E-state index in [4.69, 9.17) is 11.1 Å². The molecular formula is C26H36N4O. The van der Waals surface area contributed by atoms with Crippen molar-refractivity contribution in [2.75, 3.05) is 13.6 Å². The Bertz CT molecular complexity index is 935. The third kappa shape index (κ3) is 6.03. The highest BCUT2D eigenvalue weighted by Crippen LogP contribution is 2.40. The molecule has 0 saturated carbocycles. The van der Waals surface area contributed by atoms with Gasteiger partial charge in [-0.1, -0.05) is 25.1 Å². The van der Waals surface area contributed by atoms with Crippen LogP contribution < -0.4 is 11.1 Å². The summed E-state index contributed by atoms with van der Waals surface area (Å²) in [5.41, 5.74) is 15.2. The van der Waals surface area contributed by atoms with Gasteiger partial charge in [-0.05, 0) is 79.4 Å². The monoisotopic (exact) mass is 420 g/mol. The van der Waals surface area contributed by atoms with Crippen molar-refractivity contribution in [3.05, 3.63) is 63.4 Å². The quantitative estimate of drug-likeness (QED) is 0.387. The maximum absolute atomic E-state index is 11.5. The lowest BCUT2D eigenvalue weighted by Crippen LogP contribution is -2.18. The number of hydrogen-bond donors (Lipinski definition) is 3. The van der Waals surface area contributed by atoms with Gasteiger partial charge in [0.15, 0.2) is 0 Å². The summed E-state index contributed by atoms with van der Waals surface area (Å²) in [5, 5.41) is 10.6. The molecular weight excluding hydrogens is 384 g/mol. The molecule has 0 atom stereocenters. The number of nitrogens with two attached hydrogens (primary N) is 1. The second-order valence-electron chi connectivity index (χ2n) is 7.90. The average molecular weight is 421 g/mol. The molecule has 2 rings (SSSR count). The number of rotatable bonds is 9. The van der Waals surface area contributed by atoms with Crippen molar-refractivity contribution in [3.63, 3.8) is 0 Å². The zero-order chi connectivity index (χ0) is 22.8. The van der Waals surface area contributed by atoms with Crippen LogP contribution in [0.1, 0.15) is 67.7 Å². The average Bonchev–Trinajstić information content (AvgIpc) is 2.79. The summed E-state index contributed by atoms with van der Waals surface area (Å²) in [6.45, 7) is 6.75. The Hall–Kier alpha value is -2.95. The number of amides is 1. The molecule has 0 saturated heterocycles. The van der Waals surface area contributed by atoms with Gasteiger partial charge in [0, 0.05) is 49.8 Å². The maximum atomic E-state index is 11.5. The second kappa shape index (κ2) is 12.0. The minimum atomic E-state index is -0.0221. The molecule has 0 fully saturated rings. The molecule has 0 heterocycles. The lowest BCUT2D eigenvalue weighted by atomic mass is 9.78. The minimum Gasteiger partial charge on any atom is -0.404 e. The van der Waals surface area contributed by atoms with E-state index in [9.17, 15) is 4.79 Å². The van der Waals surface area contributed by atoms with Gasteiger partial charge in [0.05, 0.1) is 0 Å². The standard InChI is InChI=1S/C26H36N4O/c1-5-8-21(20(15-27)17-30-14-13-25(31)29-4)22-9-6-7-10-23(22)26-19(3)12-11-18(2)24(26)16-28/h8,11-12,15-17,28H,5-7,9-10,13-14,27H2,1-4H3,(H,29,31)/b20-15+,21-8+,28-16?,30-17?. The van der Waals surface area contributed by atoms with Gasteiger partial charge in [0.25, 0.3) is 0 Å². The van der Waals surface area contributed by atoms with Crippen LogP contribution in [0.3, 0.4) is 0 Å². The summed E-state index contributed by atoms with van der Waals surface area (Å²) in [6, 6.07) is 4.25. The molecule has 1 aromatic carbocycles. The number of hydrogen-bond acceptors (Lipinski definition) is 4. The van der Waals surface area contributed by atoms with Crippen molar-refractivity contribution in [2.24, 2.45) is 10.7 Å². The van der Waals surface area contributed by atoms with E-state index in [2.05, 4.69) is 49.3 Å². The normalized spacial score (nSPS) is 15.5. The fourth-order valence-corrected chi connectivity index (χ4v) is 4.17. The van der Waals surface area contributed by atoms with Crippen LogP contribution >= 0.6 is 0 Å². The van der Waals surface area contributed by atoms with Gasteiger partial charge in [-0.25, -0.2) is 0 Å². The summed E-state index contributed by atoms with van der Waals surface area (Å²) in [5.74, 6) is -0.0221. The molecule has 5 heteroatoms. The van der Waals surface area contributed by atoms with Crippen LogP contribution in [0.2, 0.25) is 0 Å². The maximum Gasteiger partial charge on any atom is 0.221 e. The first-order valence-electron chi connectivity index (χ1n) is 11.1. The van der Waals surface area contributed by atoms with Crippen LogP contribution in [0.5, 0.6) is 0 Å². The van der Waals surface area contributed by atoms with E-state index in [1.165, 1.54) is 28.5 Å². The summed E-state index contributed by atoms with van der Waals surface area (Å²) in [7, 11) is 1.63. The van der Waals surface area contributed by atoms with E-state index in [1.807, 2.05) is 0 Å². The molecule has 0 aromatic heterocycles. The first-order valence-corrected chi connectivity index (χ1v) is 11.1. The molecule has 1 aliphatic rings. The fourth-order valence-electron chi connectivity index (χ4n) is 4.17. The van der Waals surface area contributed by atoms with Gasteiger partial charge < -0.3 is 16.5 Å². The molecule has 166 valence electrons. The largest absolute Gasteiger partial charge is 0.404 e. The predicted octanol–water partition coefficient (Wildman–Crippen LogP) is 5.01. The zero-order valence-electron chi connectivity index (χ0n) is 19.3. The number of nitrogens with one attached hydrogen (secondary N) is 2. The van der Waals surface area contributed by atoms with Crippen molar-refractivity contribution >= 4 is 23.9 Å². The van der Waals surface area contributed by atoms with Crippen LogP contribution in [0, 0.1) is 19.3 Å². The van der Waals surface area contributed by atoms with Crippen LogP contribution in [-0.2, 0) is 4.79 Å². The highest BCUT2D eigenvalue weighted by atomic mass is 16.1. The molecule has 4 N–H and O–H groups in total. The Balaban J connectivity index is 2.55. The Morgan fingerprint density at radius 1 is 1.23 bits per heavy atom. The predicted molar refractivity (Wildman–Crippen MR) is 132 cm³/mol. The number of aryl methyl sites for hydroxylation is 2. The summed E-state index contributed by atoms with van der Waals surface area (Å²) in [4.78, 5) is 15.9. The Kier molecular flexibility index (Phi) is 9.44. The van der Waals surface area contributed by atoms with E-state index in [1.54, 1.807) is 19.5 Å². The molecule has 5 nitrogen and oxygen atoms in total. The third-order valence-electron chi connectivity index (χ3n) is 5.79. The molecule has 0 radical (unpaired) electrons. The smallest absolute Gasteiger partial charge is 0.221 e. The number of nitrogens with zero attached hydrogens (tertiary/aromatic N) is 1. The Labute approximate surface area is 186 Å². The topological polar surface area (TPSA) is 91.3 Å². The Morgan fingerprint density at radius 2 is 1.94 bits per heavy atom. The van der Waals surface area contributed by atoms with Crippen LogP contribution in [0.25, 0.3) is 5.57 Å². The number of carbonyl (C=O) groups is 1. The van der Waals surface area contributed by atoms with Crippen LogP contribution in [-0.4, -0.2) is 31.9 Å². The molecule has 0 bridgehead atoms. The SMILES string of the molecule is CC/C=C(C1=C(c2c(C)ccc(C)c2C=N)CCCC1)\C(C=NCCC(=O)NC)=C\N. The van der Waals surface area contributed by atoms with Crippen molar-refractivity contribution in [1.82, 2.24) is 5.32 Å². The van der Waals surface area contributed by atoms with E-state index < -0.39 is 0 Å². The second-order valence-corrected chi connectivity index (χ2v) is 7.90. The first kappa shape index (κ1) is 24.3. The van der Waals surface area contributed by atoms with Gasteiger partial charge >= 0.3 is 0 Å². The van der Waals surface area contributed by atoms with E-state index in [-0.39, 0.29) is 5.91 Å². The van der Waals surface area contributed by atoms with Gasteiger partial charge in [-0.15, -0.1) is 0 Å². The summed E-state index contributed by atoms with van der Waals surface area (Å²) in [6.07, 6.45) is 12.6. The van der Waals surface area contributed by atoms with Gasteiger partial charge in [-0.3, -0.25) is 9.79 Å². The zero-order valence-corrected chi connectivity index (χ0v) is 19.3. The first-order chi connectivity index (χ1) is 15.0. The van der Waals surface area contributed by atoms with Crippen LogP contribution in [0.15, 0.2) is 46.1 Å². The number of carbonyl (C=O) groups excluding carboxylic acids is 1.